The molecule has 28 heavy (non-hydrogen) atoms. The van der Waals surface area contributed by atoms with E-state index in [-0.39, 0.29) is 9.79 Å². The molecule has 1 fully saturated rings. The first kappa shape index (κ1) is 19.4. The maximum absolute atomic E-state index is 13.0. The van der Waals surface area contributed by atoms with Gasteiger partial charge in [-0.2, -0.15) is 4.31 Å². The number of nitrogens with zero attached hydrogens (tertiary/aromatic N) is 1. The molecule has 1 saturated heterocycles. The molecule has 0 radical (unpaired) electrons. The van der Waals surface area contributed by atoms with E-state index in [2.05, 4.69) is 4.72 Å². The van der Waals surface area contributed by atoms with Crippen molar-refractivity contribution < 1.29 is 16.8 Å². The van der Waals surface area contributed by atoms with Crippen LogP contribution in [0.4, 0.5) is 5.69 Å². The molecule has 1 aliphatic carbocycles. The number of anilines is 1. The molecule has 1 heterocycles. The van der Waals surface area contributed by atoms with Gasteiger partial charge in [-0.05, 0) is 73.9 Å². The first-order valence-corrected chi connectivity index (χ1v) is 12.5. The summed E-state index contributed by atoms with van der Waals surface area (Å²) in [6.07, 6.45) is 5.61. The van der Waals surface area contributed by atoms with Gasteiger partial charge in [0.25, 0.3) is 10.0 Å². The second-order valence-corrected chi connectivity index (χ2v) is 11.0. The smallest absolute Gasteiger partial charge is 0.261 e. The molecule has 0 aromatic heterocycles. The Morgan fingerprint density at radius 2 is 1.46 bits per heavy atom. The predicted molar refractivity (Wildman–Crippen MR) is 108 cm³/mol. The van der Waals surface area contributed by atoms with Gasteiger partial charge in [0, 0.05) is 13.1 Å². The Hall–Kier alpha value is -1.90. The molecular weight excluding hydrogens is 396 g/mol. The Kier molecular flexibility index (Phi) is 5.20. The van der Waals surface area contributed by atoms with E-state index < -0.39 is 20.0 Å². The van der Waals surface area contributed by atoms with Gasteiger partial charge in [-0.1, -0.05) is 18.2 Å². The second kappa shape index (κ2) is 7.50. The molecule has 2 aromatic carbocycles. The van der Waals surface area contributed by atoms with Crippen molar-refractivity contribution in [3.8, 4) is 0 Å². The number of nitrogens with one attached hydrogen (secondary N) is 1. The molecule has 150 valence electrons. The van der Waals surface area contributed by atoms with Crippen LogP contribution in [0.5, 0.6) is 0 Å². The molecule has 2 aliphatic rings. The zero-order valence-electron chi connectivity index (χ0n) is 15.6. The highest BCUT2D eigenvalue weighted by Crippen LogP contribution is 2.30. The Morgan fingerprint density at radius 1 is 0.786 bits per heavy atom. The summed E-state index contributed by atoms with van der Waals surface area (Å²) >= 11 is 0. The summed E-state index contributed by atoms with van der Waals surface area (Å²) in [4.78, 5) is -0.0199. The number of hydrogen-bond acceptors (Lipinski definition) is 4. The van der Waals surface area contributed by atoms with E-state index in [9.17, 15) is 16.8 Å². The minimum absolute atomic E-state index is 0.0207. The van der Waals surface area contributed by atoms with Crippen LogP contribution < -0.4 is 4.72 Å². The van der Waals surface area contributed by atoms with Gasteiger partial charge in [0.2, 0.25) is 10.0 Å². The van der Waals surface area contributed by atoms with Gasteiger partial charge in [-0.25, -0.2) is 16.8 Å². The fourth-order valence-electron chi connectivity index (χ4n) is 3.96. The summed E-state index contributed by atoms with van der Waals surface area (Å²) in [6.45, 7) is 0.960. The van der Waals surface area contributed by atoms with E-state index in [0.29, 0.717) is 18.8 Å². The summed E-state index contributed by atoms with van der Waals surface area (Å²) < 4.78 is 55.6. The van der Waals surface area contributed by atoms with E-state index in [4.69, 9.17) is 0 Å². The largest absolute Gasteiger partial charge is 0.279 e. The van der Waals surface area contributed by atoms with E-state index >= 15 is 0 Å². The molecule has 0 unspecified atom stereocenters. The van der Waals surface area contributed by atoms with Gasteiger partial charge in [0.15, 0.2) is 0 Å². The van der Waals surface area contributed by atoms with Crippen LogP contribution in [0.25, 0.3) is 0 Å². The van der Waals surface area contributed by atoms with E-state index in [1.807, 2.05) is 12.1 Å². The maximum atomic E-state index is 13.0. The van der Waals surface area contributed by atoms with Crippen LogP contribution in [0, 0.1) is 0 Å². The molecule has 0 spiro atoms. The van der Waals surface area contributed by atoms with Gasteiger partial charge in [0.05, 0.1) is 15.5 Å². The highest BCUT2D eigenvalue weighted by atomic mass is 32.2. The molecule has 2 aromatic rings. The zero-order chi connectivity index (χ0) is 19.8. The van der Waals surface area contributed by atoms with Gasteiger partial charge in [0.1, 0.15) is 0 Å². The highest BCUT2D eigenvalue weighted by molar-refractivity contribution is 7.93. The molecular formula is C20H24N2O4S2. The number of fused-ring (bicyclic) bond motifs is 1. The fourth-order valence-corrected chi connectivity index (χ4v) is 6.74. The summed E-state index contributed by atoms with van der Waals surface area (Å²) in [5, 5.41) is 0. The van der Waals surface area contributed by atoms with Crippen LogP contribution in [-0.4, -0.2) is 34.2 Å². The van der Waals surface area contributed by atoms with E-state index in [1.54, 1.807) is 6.07 Å². The van der Waals surface area contributed by atoms with E-state index in [1.165, 1.54) is 34.1 Å². The summed E-state index contributed by atoms with van der Waals surface area (Å²) in [7, 11) is -7.55. The lowest BCUT2D eigenvalue weighted by molar-refractivity contribution is 0.477. The lowest BCUT2D eigenvalue weighted by atomic mass is 9.91. The molecule has 1 aliphatic heterocycles. The number of rotatable bonds is 5. The number of benzene rings is 2. The second-order valence-electron chi connectivity index (χ2n) is 7.34. The Morgan fingerprint density at radius 3 is 2.25 bits per heavy atom. The van der Waals surface area contributed by atoms with Crippen LogP contribution in [-0.2, 0) is 32.9 Å². The van der Waals surface area contributed by atoms with Gasteiger partial charge in [-0.3, -0.25) is 4.72 Å². The third-order valence-corrected chi connectivity index (χ3v) is 8.72. The normalized spacial score (nSPS) is 18.0. The number of aryl methyl sites for hydroxylation is 1. The third-order valence-electron chi connectivity index (χ3n) is 5.46. The lowest BCUT2D eigenvalue weighted by Crippen LogP contribution is -2.28. The highest BCUT2D eigenvalue weighted by Gasteiger charge is 2.28. The van der Waals surface area contributed by atoms with Crippen molar-refractivity contribution in [1.29, 1.82) is 0 Å². The monoisotopic (exact) mass is 420 g/mol. The van der Waals surface area contributed by atoms with Crippen LogP contribution in [0.15, 0.2) is 52.3 Å². The predicted octanol–water partition coefficient (Wildman–Crippen LogP) is 3.15. The summed E-state index contributed by atoms with van der Waals surface area (Å²) in [5.41, 5.74) is 2.81. The van der Waals surface area contributed by atoms with Crippen molar-refractivity contribution in [1.82, 2.24) is 4.31 Å². The summed E-state index contributed by atoms with van der Waals surface area (Å²) in [6, 6.07) is 11.3. The van der Waals surface area contributed by atoms with Gasteiger partial charge in [-0.15, -0.1) is 0 Å². The third kappa shape index (κ3) is 3.68. The molecule has 0 amide bonds. The molecule has 0 atom stereocenters. The Labute approximate surface area is 166 Å². The maximum Gasteiger partial charge on any atom is 0.261 e. The van der Waals surface area contributed by atoms with Gasteiger partial charge < -0.3 is 0 Å². The number of hydrogen-bond donors (Lipinski definition) is 1. The van der Waals surface area contributed by atoms with Crippen LogP contribution in [0.3, 0.4) is 0 Å². The zero-order valence-corrected chi connectivity index (χ0v) is 17.2. The molecule has 4 rings (SSSR count). The van der Waals surface area contributed by atoms with Crippen molar-refractivity contribution in [3.63, 3.8) is 0 Å². The van der Waals surface area contributed by atoms with E-state index in [0.717, 1.165) is 44.1 Å². The summed E-state index contributed by atoms with van der Waals surface area (Å²) in [5.74, 6) is 0. The van der Waals surface area contributed by atoms with Crippen molar-refractivity contribution in [2.45, 2.75) is 48.3 Å². The van der Waals surface area contributed by atoms with Gasteiger partial charge >= 0.3 is 0 Å². The van der Waals surface area contributed by atoms with Crippen molar-refractivity contribution in [2.75, 3.05) is 17.8 Å². The molecule has 0 saturated carbocycles. The fraction of sp³-hybridized carbons (Fsp3) is 0.400. The first-order chi connectivity index (χ1) is 13.4. The molecule has 1 N–H and O–H groups in total. The number of sulfonamides is 2. The topological polar surface area (TPSA) is 83.5 Å². The Balaban J connectivity index is 1.66. The standard InChI is InChI=1S/C20H24N2O4S2/c23-27(24,21-20-12-5-8-16-7-1-2-11-19(16)20)17-9-6-10-18(15-17)28(25,26)22-13-3-4-14-22/h5-6,8-10,12,15,21H,1-4,7,11,13-14H2. The van der Waals surface area contributed by atoms with Crippen molar-refractivity contribution >= 4 is 25.7 Å². The van der Waals surface area contributed by atoms with Crippen LogP contribution in [0.1, 0.15) is 36.8 Å². The minimum atomic E-state index is -3.89. The van der Waals surface area contributed by atoms with Crippen LogP contribution in [0.2, 0.25) is 0 Å². The quantitative estimate of drug-likeness (QED) is 0.805. The lowest BCUT2D eigenvalue weighted by Gasteiger charge is -2.20. The van der Waals surface area contributed by atoms with Crippen molar-refractivity contribution in [2.24, 2.45) is 0 Å². The Bertz CT molecular complexity index is 1090. The SMILES string of the molecule is O=S(=O)(Nc1cccc2c1CCCC2)c1cccc(S(=O)(=O)N2CCCC2)c1. The van der Waals surface area contributed by atoms with Crippen molar-refractivity contribution in [3.05, 3.63) is 53.6 Å². The molecule has 6 nitrogen and oxygen atoms in total. The first-order valence-electron chi connectivity index (χ1n) is 9.62. The molecule has 8 heteroatoms. The average Bonchev–Trinajstić information content (AvgIpc) is 3.24. The van der Waals surface area contributed by atoms with Crippen LogP contribution >= 0.6 is 0 Å². The average molecular weight is 421 g/mol. The molecule has 0 bridgehead atoms. The minimum Gasteiger partial charge on any atom is -0.279 e.